The SMILES string of the molecule is C=C(O)CC(C)C(O)C(C)C. The minimum absolute atomic E-state index is 0.0903. The van der Waals surface area contributed by atoms with E-state index in [0.717, 1.165) is 0 Å². The third-order valence-corrected chi connectivity index (χ3v) is 1.82. The van der Waals surface area contributed by atoms with Crippen molar-refractivity contribution in [1.82, 2.24) is 0 Å². The molecule has 0 rings (SSSR count). The Morgan fingerprint density at radius 3 is 2.09 bits per heavy atom. The summed E-state index contributed by atoms with van der Waals surface area (Å²) in [6, 6.07) is 0. The van der Waals surface area contributed by atoms with E-state index >= 15 is 0 Å². The second-order valence-electron chi connectivity index (χ2n) is 3.48. The largest absolute Gasteiger partial charge is 0.513 e. The fourth-order valence-corrected chi connectivity index (χ4v) is 1.15. The van der Waals surface area contributed by atoms with Crippen molar-refractivity contribution in [3.63, 3.8) is 0 Å². The number of rotatable bonds is 4. The topological polar surface area (TPSA) is 40.5 Å². The minimum atomic E-state index is -0.348. The molecule has 2 atom stereocenters. The van der Waals surface area contributed by atoms with Crippen molar-refractivity contribution in [2.45, 2.75) is 33.3 Å². The Bertz CT molecular complexity index is 130. The van der Waals surface area contributed by atoms with Crippen LogP contribution < -0.4 is 0 Å². The first-order valence-corrected chi connectivity index (χ1v) is 4.00. The molecule has 0 aliphatic carbocycles. The standard InChI is InChI=1S/C9H18O2/c1-6(2)9(11)7(3)5-8(4)10/h6-7,9-11H,4-5H2,1-3H3. The van der Waals surface area contributed by atoms with Gasteiger partial charge in [0, 0.05) is 6.42 Å². The van der Waals surface area contributed by atoms with Crippen molar-refractivity contribution in [3.8, 4) is 0 Å². The summed E-state index contributed by atoms with van der Waals surface area (Å²) in [5.74, 6) is 0.481. The van der Waals surface area contributed by atoms with Crippen LogP contribution in [0.4, 0.5) is 0 Å². The Morgan fingerprint density at radius 2 is 1.82 bits per heavy atom. The van der Waals surface area contributed by atoms with E-state index in [1.165, 1.54) is 0 Å². The van der Waals surface area contributed by atoms with Crippen LogP contribution in [0.3, 0.4) is 0 Å². The lowest BCUT2D eigenvalue weighted by atomic mass is 9.92. The molecule has 66 valence electrons. The molecule has 0 saturated heterocycles. The zero-order valence-corrected chi connectivity index (χ0v) is 7.54. The Hall–Kier alpha value is -0.500. The summed E-state index contributed by atoms with van der Waals surface area (Å²) in [6.07, 6.45) is 0.137. The molecule has 2 N–H and O–H groups in total. The molecule has 0 heterocycles. The molecule has 11 heavy (non-hydrogen) atoms. The molecule has 0 fully saturated rings. The monoisotopic (exact) mass is 158 g/mol. The van der Waals surface area contributed by atoms with Gasteiger partial charge in [0.15, 0.2) is 0 Å². The lowest BCUT2D eigenvalue weighted by molar-refractivity contribution is 0.0677. The number of aliphatic hydroxyl groups excluding tert-OH is 2. The van der Waals surface area contributed by atoms with Crippen molar-refractivity contribution in [1.29, 1.82) is 0 Å². The maximum Gasteiger partial charge on any atom is 0.0854 e. The van der Waals surface area contributed by atoms with E-state index in [-0.39, 0.29) is 23.7 Å². The number of aliphatic hydroxyl groups is 2. The third kappa shape index (κ3) is 4.04. The van der Waals surface area contributed by atoms with Crippen molar-refractivity contribution in [2.75, 3.05) is 0 Å². The summed E-state index contributed by atoms with van der Waals surface area (Å²) >= 11 is 0. The summed E-state index contributed by atoms with van der Waals surface area (Å²) in [5, 5.41) is 18.3. The highest BCUT2D eigenvalue weighted by Crippen LogP contribution is 2.17. The van der Waals surface area contributed by atoms with Gasteiger partial charge in [-0.3, -0.25) is 0 Å². The molecule has 0 aromatic heterocycles. The molecule has 0 aromatic rings. The second-order valence-corrected chi connectivity index (χ2v) is 3.48. The maximum absolute atomic E-state index is 9.49. The quantitative estimate of drug-likeness (QED) is 0.615. The normalized spacial score (nSPS) is 16.5. The van der Waals surface area contributed by atoms with Gasteiger partial charge >= 0.3 is 0 Å². The van der Waals surface area contributed by atoms with Crippen molar-refractivity contribution in [2.24, 2.45) is 11.8 Å². The summed E-state index contributed by atoms with van der Waals surface area (Å²) < 4.78 is 0. The molecule has 0 amide bonds. The molecule has 0 aliphatic heterocycles. The molecule has 2 heteroatoms. The van der Waals surface area contributed by atoms with Gasteiger partial charge in [-0.2, -0.15) is 0 Å². The van der Waals surface area contributed by atoms with Crippen LogP contribution in [0.2, 0.25) is 0 Å². The van der Waals surface area contributed by atoms with Crippen LogP contribution in [-0.4, -0.2) is 16.3 Å². The molecular formula is C9H18O2. The molecule has 0 aliphatic rings. The van der Waals surface area contributed by atoms with Crippen LogP contribution in [-0.2, 0) is 0 Å². The molecule has 2 unspecified atom stereocenters. The first-order valence-electron chi connectivity index (χ1n) is 4.00. The highest BCUT2D eigenvalue weighted by molar-refractivity contribution is 4.84. The van der Waals surface area contributed by atoms with Gasteiger partial charge in [-0.25, -0.2) is 0 Å². The maximum atomic E-state index is 9.49. The smallest absolute Gasteiger partial charge is 0.0854 e. The van der Waals surface area contributed by atoms with E-state index in [0.29, 0.717) is 6.42 Å². The predicted molar refractivity (Wildman–Crippen MR) is 46.4 cm³/mol. The van der Waals surface area contributed by atoms with Crippen LogP contribution in [0.25, 0.3) is 0 Å². The summed E-state index contributed by atoms with van der Waals surface area (Å²) in [6.45, 7) is 9.21. The first kappa shape index (κ1) is 10.5. The van der Waals surface area contributed by atoms with Gasteiger partial charge in [-0.1, -0.05) is 27.4 Å². The molecular weight excluding hydrogens is 140 g/mol. The van der Waals surface area contributed by atoms with Crippen molar-refractivity contribution in [3.05, 3.63) is 12.3 Å². The highest BCUT2D eigenvalue weighted by atomic mass is 16.3. The lowest BCUT2D eigenvalue weighted by Crippen LogP contribution is -2.23. The van der Waals surface area contributed by atoms with Gasteiger partial charge in [0.25, 0.3) is 0 Å². The van der Waals surface area contributed by atoms with Crippen LogP contribution in [0.5, 0.6) is 0 Å². The molecule has 2 nitrogen and oxygen atoms in total. The number of allylic oxidation sites excluding steroid dienone is 1. The number of hydrogen-bond acceptors (Lipinski definition) is 2. The highest BCUT2D eigenvalue weighted by Gasteiger charge is 2.17. The van der Waals surface area contributed by atoms with Gasteiger partial charge in [-0.05, 0) is 11.8 Å². The zero-order valence-electron chi connectivity index (χ0n) is 7.54. The summed E-state index contributed by atoms with van der Waals surface area (Å²) in [7, 11) is 0. The Morgan fingerprint density at radius 1 is 1.36 bits per heavy atom. The van der Waals surface area contributed by atoms with Gasteiger partial charge in [0.1, 0.15) is 0 Å². The van der Waals surface area contributed by atoms with Crippen LogP contribution in [0.15, 0.2) is 12.3 Å². The van der Waals surface area contributed by atoms with Gasteiger partial charge in [-0.15, -0.1) is 0 Å². The average Bonchev–Trinajstić information content (AvgIpc) is 1.84. The van der Waals surface area contributed by atoms with Crippen molar-refractivity contribution < 1.29 is 10.2 Å². The van der Waals surface area contributed by atoms with Gasteiger partial charge in [0.05, 0.1) is 11.9 Å². The lowest BCUT2D eigenvalue weighted by Gasteiger charge is -2.21. The molecule has 0 bridgehead atoms. The molecule has 0 aromatic carbocycles. The van der Waals surface area contributed by atoms with Crippen LogP contribution in [0, 0.1) is 11.8 Å². The van der Waals surface area contributed by atoms with E-state index in [2.05, 4.69) is 6.58 Å². The van der Waals surface area contributed by atoms with Gasteiger partial charge in [0.2, 0.25) is 0 Å². The zero-order chi connectivity index (χ0) is 9.02. The van der Waals surface area contributed by atoms with Crippen LogP contribution >= 0.6 is 0 Å². The van der Waals surface area contributed by atoms with E-state index < -0.39 is 0 Å². The fraction of sp³-hybridized carbons (Fsp3) is 0.778. The predicted octanol–water partition coefficient (Wildman–Crippen LogP) is 2.10. The molecule has 0 radical (unpaired) electrons. The van der Waals surface area contributed by atoms with E-state index in [1.54, 1.807) is 0 Å². The molecule has 0 spiro atoms. The Labute approximate surface area is 68.6 Å². The van der Waals surface area contributed by atoms with Crippen molar-refractivity contribution >= 4 is 0 Å². The van der Waals surface area contributed by atoms with E-state index in [9.17, 15) is 5.11 Å². The average molecular weight is 158 g/mol. The summed E-state index contributed by atoms with van der Waals surface area (Å²) in [4.78, 5) is 0. The third-order valence-electron chi connectivity index (χ3n) is 1.82. The Kier molecular flexibility index (Phi) is 4.19. The van der Waals surface area contributed by atoms with Gasteiger partial charge < -0.3 is 10.2 Å². The first-order chi connectivity index (χ1) is 4.95. The van der Waals surface area contributed by atoms with E-state index in [4.69, 9.17) is 5.11 Å². The fourth-order valence-electron chi connectivity index (χ4n) is 1.15. The van der Waals surface area contributed by atoms with E-state index in [1.807, 2.05) is 20.8 Å². The minimum Gasteiger partial charge on any atom is -0.513 e. The Balaban J connectivity index is 3.82. The number of hydrogen-bond donors (Lipinski definition) is 2. The second kappa shape index (κ2) is 4.39. The van der Waals surface area contributed by atoms with Crippen LogP contribution in [0.1, 0.15) is 27.2 Å². The molecule has 0 saturated carbocycles. The summed E-state index contributed by atoms with van der Waals surface area (Å²) in [5.41, 5.74) is 0.